The molecular formula is C16H25NO. The molecular weight excluding hydrogens is 222 g/mol. The lowest BCUT2D eigenvalue weighted by molar-refractivity contribution is 0.187. The predicted molar refractivity (Wildman–Crippen MR) is 75.7 cm³/mol. The zero-order valence-corrected chi connectivity index (χ0v) is 11.6. The van der Waals surface area contributed by atoms with E-state index in [1.807, 2.05) is 0 Å². The average Bonchev–Trinajstić information content (AvgIpc) is 3.20. The maximum Gasteiger partial charge on any atom is 0.0587 e. The van der Waals surface area contributed by atoms with E-state index in [0.717, 1.165) is 25.6 Å². The van der Waals surface area contributed by atoms with E-state index < -0.39 is 0 Å². The number of methoxy groups -OCH3 is 1. The zero-order chi connectivity index (χ0) is 12.8. The van der Waals surface area contributed by atoms with Crippen molar-refractivity contribution in [1.29, 1.82) is 0 Å². The van der Waals surface area contributed by atoms with Gasteiger partial charge in [-0.2, -0.15) is 0 Å². The number of rotatable bonds is 8. The van der Waals surface area contributed by atoms with Gasteiger partial charge in [0.2, 0.25) is 0 Å². The Morgan fingerprint density at radius 2 is 2.00 bits per heavy atom. The van der Waals surface area contributed by atoms with Crippen LogP contribution in [-0.4, -0.2) is 26.8 Å². The van der Waals surface area contributed by atoms with Crippen LogP contribution in [0.5, 0.6) is 0 Å². The van der Waals surface area contributed by atoms with Crippen LogP contribution >= 0.6 is 0 Å². The number of hydrogen-bond donors (Lipinski definition) is 1. The molecule has 0 spiro atoms. The monoisotopic (exact) mass is 247 g/mol. The lowest BCUT2D eigenvalue weighted by Gasteiger charge is -2.30. The van der Waals surface area contributed by atoms with Gasteiger partial charge in [0.1, 0.15) is 0 Å². The first-order chi connectivity index (χ1) is 8.74. The second-order valence-corrected chi connectivity index (χ2v) is 5.76. The summed E-state index contributed by atoms with van der Waals surface area (Å²) in [6.45, 7) is 5.27. The number of ether oxygens (including phenoxy) is 1. The molecule has 1 aliphatic rings. The fourth-order valence-corrected chi connectivity index (χ4v) is 2.74. The van der Waals surface area contributed by atoms with Crippen molar-refractivity contribution in [2.24, 2.45) is 11.3 Å². The molecule has 1 aromatic rings. The van der Waals surface area contributed by atoms with Gasteiger partial charge in [-0.3, -0.25) is 0 Å². The van der Waals surface area contributed by atoms with Gasteiger partial charge >= 0.3 is 0 Å². The average molecular weight is 247 g/mol. The van der Waals surface area contributed by atoms with Gasteiger partial charge in [0.25, 0.3) is 0 Å². The fraction of sp³-hybridized carbons (Fsp3) is 0.625. The Kier molecular flexibility index (Phi) is 4.79. The highest BCUT2D eigenvalue weighted by molar-refractivity contribution is 5.17. The maximum atomic E-state index is 5.09. The summed E-state index contributed by atoms with van der Waals surface area (Å²) in [5.41, 5.74) is 1.86. The normalized spacial score (nSPS) is 18.6. The highest BCUT2D eigenvalue weighted by atomic mass is 16.5. The number of benzene rings is 1. The molecule has 1 aromatic carbocycles. The summed E-state index contributed by atoms with van der Waals surface area (Å²) in [7, 11) is 1.76. The summed E-state index contributed by atoms with van der Waals surface area (Å²) >= 11 is 0. The molecule has 1 aliphatic carbocycles. The smallest absolute Gasteiger partial charge is 0.0587 e. The van der Waals surface area contributed by atoms with Crippen molar-refractivity contribution in [3.63, 3.8) is 0 Å². The molecule has 0 radical (unpaired) electrons. The highest BCUT2D eigenvalue weighted by Gasteiger charge is 2.40. The van der Waals surface area contributed by atoms with Crippen molar-refractivity contribution in [3.05, 3.63) is 35.9 Å². The van der Waals surface area contributed by atoms with Crippen LogP contribution in [0.1, 0.15) is 25.3 Å². The third-order valence-electron chi connectivity index (χ3n) is 4.03. The molecule has 0 aromatic heterocycles. The lowest BCUT2D eigenvalue weighted by atomic mass is 9.79. The molecule has 1 atom stereocenters. The van der Waals surface area contributed by atoms with Gasteiger partial charge in [-0.1, -0.05) is 37.3 Å². The van der Waals surface area contributed by atoms with Crippen LogP contribution < -0.4 is 5.32 Å². The van der Waals surface area contributed by atoms with Crippen LogP contribution in [0.25, 0.3) is 0 Å². The van der Waals surface area contributed by atoms with Crippen molar-refractivity contribution >= 4 is 0 Å². The van der Waals surface area contributed by atoms with E-state index in [0.29, 0.717) is 5.41 Å². The Morgan fingerprint density at radius 1 is 1.28 bits per heavy atom. The minimum Gasteiger partial charge on any atom is -0.383 e. The SMILES string of the molecule is COCCNCC(C)(Cc1ccccc1)C1CC1. The molecule has 18 heavy (non-hydrogen) atoms. The van der Waals surface area contributed by atoms with Crippen molar-refractivity contribution in [2.45, 2.75) is 26.2 Å². The van der Waals surface area contributed by atoms with E-state index in [1.54, 1.807) is 7.11 Å². The van der Waals surface area contributed by atoms with Gasteiger partial charge in [0.15, 0.2) is 0 Å². The summed E-state index contributed by atoms with van der Waals surface area (Å²) in [6, 6.07) is 10.9. The fourth-order valence-electron chi connectivity index (χ4n) is 2.74. The Hall–Kier alpha value is -0.860. The molecule has 100 valence electrons. The first-order valence-electron chi connectivity index (χ1n) is 6.98. The second kappa shape index (κ2) is 6.35. The van der Waals surface area contributed by atoms with Crippen molar-refractivity contribution in [1.82, 2.24) is 5.32 Å². The molecule has 0 heterocycles. The van der Waals surface area contributed by atoms with Crippen molar-refractivity contribution < 1.29 is 4.74 Å². The Labute approximate surface area is 111 Å². The zero-order valence-electron chi connectivity index (χ0n) is 11.6. The van der Waals surface area contributed by atoms with Crippen LogP contribution in [-0.2, 0) is 11.2 Å². The number of hydrogen-bond acceptors (Lipinski definition) is 2. The molecule has 0 bridgehead atoms. The lowest BCUT2D eigenvalue weighted by Crippen LogP contribution is -2.37. The topological polar surface area (TPSA) is 21.3 Å². The van der Waals surface area contributed by atoms with Crippen molar-refractivity contribution in [2.75, 3.05) is 26.8 Å². The molecule has 1 unspecified atom stereocenters. The van der Waals surface area contributed by atoms with Crippen LogP contribution in [0.3, 0.4) is 0 Å². The van der Waals surface area contributed by atoms with Crippen LogP contribution in [0.4, 0.5) is 0 Å². The van der Waals surface area contributed by atoms with Crippen LogP contribution in [0, 0.1) is 11.3 Å². The molecule has 2 rings (SSSR count). The van der Waals surface area contributed by atoms with Gasteiger partial charge < -0.3 is 10.1 Å². The van der Waals surface area contributed by atoms with E-state index in [1.165, 1.54) is 24.8 Å². The van der Waals surface area contributed by atoms with E-state index in [2.05, 4.69) is 42.6 Å². The third-order valence-corrected chi connectivity index (χ3v) is 4.03. The first kappa shape index (κ1) is 13.6. The summed E-state index contributed by atoms with van der Waals surface area (Å²) in [4.78, 5) is 0. The van der Waals surface area contributed by atoms with Crippen LogP contribution in [0.15, 0.2) is 30.3 Å². The molecule has 2 nitrogen and oxygen atoms in total. The molecule has 1 fully saturated rings. The molecule has 1 saturated carbocycles. The summed E-state index contributed by atoms with van der Waals surface area (Å²) in [5, 5.41) is 3.54. The Bertz CT molecular complexity index is 347. The predicted octanol–water partition coefficient (Wildman–Crippen LogP) is 2.88. The van der Waals surface area contributed by atoms with E-state index >= 15 is 0 Å². The quantitative estimate of drug-likeness (QED) is 0.713. The summed E-state index contributed by atoms with van der Waals surface area (Å²) < 4.78 is 5.09. The van der Waals surface area contributed by atoms with Gasteiger partial charge in [-0.05, 0) is 36.2 Å². The largest absolute Gasteiger partial charge is 0.383 e. The minimum atomic E-state index is 0.398. The van der Waals surface area contributed by atoms with Gasteiger partial charge in [0.05, 0.1) is 6.61 Å². The van der Waals surface area contributed by atoms with Gasteiger partial charge in [-0.25, -0.2) is 0 Å². The van der Waals surface area contributed by atoms with Crippen molar-refractivity contribution in [3.8, 4) is 0 Å². The third kappa shape index (κ3) is 3.82. The Balaban J connectivity index is 1.90. The highest BCUT2D eigenvalue weighted by Crippen LogP contribution is 2.47. The standard InChI is InChI=1S/C16H25NO/c1-16(15-8-9-15,13-17-10-11-18-2)12-14-6-4-3-5-7-14/h3-7,15,17H,8-13H2,1-2H3. The van der Waals surface area contributed by atoms with Gasteiger partial charge in [0, 0.05) is 20.2 Å². The first-order valence-corrected chi connectivity index (χ1v) is 6.98. The Morgan fingerprint density at radius 3 is 2.61 bits per heavy atom. The molecule has 0 aliphatic heterocycles. The second-order valence-electron chi connectivity index (χ2n) is 5.76. The minimum absolute atomic E-state index is 0.398. The van der Waals surface area contributed by atoms with Gasteiger partial charge in [-0.15, -0.1) is 0 Å². The van der Waals surface area contributed by atoms with E-state index in [9.17, 15) is 0 Å². The molecule has 2 heteroatoms. The maximum absolute atomic E-state index is 5.09. The summed E-state index contributed by atoms with van der Waals surface area (Å²) in [5.74, 6) is 0.896. The molecule has 1 N–H and O–H groups in total. The molecule has 0 amide bonds. The number of nitrogens with one attached hydrogen (secondary N) is 1. The van der Waals surface area contributed by atoms with E-state index in [-0.39, 0.29) is 0 Å². The van der Waals surface area contributed by atoms with Crippen LogP contribution in [0.2, 0.25) is 0 Å². The summed E-state index contributed by atoms with van der Waals surface area (Å²) in [6.07, 6.45) is 3.98. The van der Waals surface area contributed by atoms with E-state index in [4.69, 9.17) is 4.74 Å². The molecule has 0 saturated heterocycles.